The lowest BCUT2D eigenvalue weighted by Gasteiger charge is -2.29. The second-order valence-corrected chi connectivity index (χ2v) is 14.0. The molecular formula is C49H34O2. The average molecular weight is 655 g/mol. The number of hydrogen-bond acceptors (Lipinski definition) is 2. The van der Waals surface area contributed by atoms with Gasteiger partial charge in [0.2, 0.25) is 0 Å². The normalized spacial score (nSPS) is 15.5. The predicted molar refractivity (Wildman–Crippen MR) is 212 cm³/mol. The van der Waals surface area contributed by atoms with Crippen LogP contribution in [-0.2, 0) is 11.8 Å². The van der Waals surface area contributed by atoms with Crippen molar-refractivity contribution in [2.24, 2.45) is 0 Å². The maximum absolute atomic E-state index is 6.85. The number of rotatable bonds is 5. The number of hydrogen-bond donors (Lipinski definition) is 0. The molecular weight excluding hydrogens is 621 g/mol. The molecule has 2 heterocycles. The number of fused-ring (bicyclic) bond motifs is 7. The van der Waals surface area contributed by atoms with E-state index in [4.69, 9.17) is 8.83 Å². The van der Waals surface area contributed by atoms with E-state index >= 15 is 0 Å². The number of allylic oxidation sites excluding steroid dienone is 1. The van der Waals surface area contributed by atoms with Gasteiger partial charge in [-0.3, -0.25) is 0 Å². The quantitative estimate of drug-likeness (QED) is 0.185. The van der Waals surface area contributed by atoms with Crippen LogP contribution in [0, 0.1) is 0 Å². The van der Waals surface area contributed by atoms with Crippen molar-refractivity contribution in [2.75, 3.05) is 0 Å². The molecule has 0 saturated carbocycles. The predicted octanol–water partition coefficient (Wildman–Crippen LogP) is 13.5. The molecule has 242 valence electrons. The van der Waals surface area contributed by atoms with Crippen LogP contribution in [0.25, 0.3) is 83.5 Å². The minimum atomic E-state index is -0.160. The van der Waals surface area contributed by atoms with Gasteiger partial charge in [0, 0.05) is 27.1 Å². The molecule has 2 heteroatoms. The van der Waals surface area contributed by atoms with Crippen molar-refractivity contribution in [1.82, 2.24) is 0 Å². The van der Waals surface area contributed by atoms with E-state index in [9.17, 15) is 0 Å². The van der Waals surface area contributed by atoms with E-state index in [1.807, 2.05) is 0 Å². The molecule has 10 rings (SSSR count). The van der Waals surface area contributed by atoms with Crippen LogP contribution in [0.4, 0.5) is 0 Å². The average Bonchev–Trinajstić information content (AvgIpc) is 3.77. The Bertz CT molecular complexity index is 2690. The highest BCUT2D eigenvalue weighted by molar-refractivity contribution is 6.21. The standard InChI is InChI=1S/C49H34O2/c1-49(39-20-12-5-13-21-39)25-24-45-43(31-49)41-30-40(38-27-36(33-16-8-3-9-17-33)26-37(28-38)34-18-10-4-11-19-34)46-42-29-35(32-14-6-2-7-15-32)22-23-44(42)51-48(46)47(41)50-45/h2-30H,31H2,1H3. The molecule has 0 fully saturated rings. The van der Waals surface area contributed by atoms with Gasteiger partial charge in [-0.25, -0.2) is 0 Å². The van der Waals surface area contributed by atoms with Gasteiger partial charge in [0.1, 0.15) is 11.3 Å². The largest absolute Gasteiger partial charge is 0.452 e. The first-order valence-electron chi connectivity index (χ1n) is 17.6. The first-order chi connectivity index (χ1) is 25.1. The zero-order chi connectivity index (χ0) is 33.9. The van der Waals surface area contributed by atoms with Gasteiger partial charge in [-0.2, -0.15) is 0 Å². The summed E-state index contributed by atoms with van der Waals surface area (Å²) in [6.45, 7) is 2.32. The smallest absolute Gasteiger partial charge is 0.179 e. The van der Waals surface area contributed by atoms with Crippen LogP contribution in [0.1, 0.15) is 23.8 Å². The van der Waals surface area contributed by atoms with Crippen molar-refractivity contribution < 1.29 is 8.83 Å². The van der Waals surface area contributed by atoms with Crippen LogP contribution in [0.15, 0.2) is 179 Å². The lowest BCUT2D eigenvalue weighted by atomic mass is 9.74. The molecule has 0 aliphatic heterocycles. The van der Waals surface area contributed by atoms with Crippen LogP contribution in [0.3, 0.4) is 0 Å². The summed E-state index contributed by atoms with van der Waals surface area (Å²) in [7, 11) is 0. The summed E-state index contributed by atoms with van der Waals surface area (Å²) in [5.74, 6) is 0.908. The van der Waals surface area contributed by atoms with Crippen LogP contribution in [0.2, 0.25) is 0 Å². The third kappa shape index (κ3) is 4.94. The van der Waals surface area contributed by atoms with Gasteiger partial charge in [-0.05, 0) is 99.0 Å². The third-order valence-electron chi connectivity index (χ3n) is 10.7. The number of furan rings is 2. The summed E-state index contributed by atoms with van der Waals surface area (Å²) in [5, 5.41) is 3.25. The maximum Gasteiger partial charge on any atom is 0.179 e. The second-order valence-electron chi connectivity index (χ2n) is 14.0. The molecule has 1 aliphatic carbocycles. The second kappa shape index (κ2) is 11.6. The molecule has 1 aliphatic rings. The summed E-state index contributed by atoms with van der Waals surface area (Å²) in [4.78, 5) is 0. The molecule has 7 aromatic carbocycles. The van der Waals surface area contributed by atoms with Gasteiger partial charge < -0.3 is 8.83 Å². The topological polar surface area (TPSA) is 26.3 Å². The minimum absolute atomic E-state index is 0.160. The minimum Gasteiger partial charge on any atom is -0.452 e. The van der Waals surface area contributed by atoms with Gasteiger partial charge in [-0.15, -0.1) is 0 Å². The molecule has 0 N–H and O–H groups in total. The summed E-state index contributed by atoms with van der Waals surface area (Å²) in [6.07, 6.45) is 5.29. The fourth-order valence-corrected chi connectivity index (χ4v) is 7.99. The molecule has 1 atom stereocenters. The molecule has 9 aromatic rings. The Hall–Kier alpha value is -6.38. The highest BCUT2D eigenvalue weighted by atomic mass is 16.4. The fraction of sp³-hybridized carbons (Fsp3) is 0.0612. The van der Waals surface area contributed by atoms with E-state index in [0.717, 1.165) is 61.8 Å². The summed E-state index contributed by atoms with van der Waals surface area (Å²) >= 11 is 0. The van der Waals surface area contributed by atoms with Crippen LogP contribution >= 0.6 is 0 Å². The highest BCUT2D eigenvalue weighted by Crippen LogP contribution is 2.48. The Kier molecular flexibility index (Phi) is 6.72. The molecule has 0 radical (unpaired) electrons. The van der Waals surface area contributed by atoms with Gasteiger partial charge in [0.15, 0.2) is 11.2 Å². The van der Waals surface area contributed by atoms with Gasteiger partial charge >= 0.3 is 0 Å². The Morgan fingerprint density at radius 2 is 1.04 bits per heavy atom. The van der Waals surface area contributed by atoms with Crippen molar-refractivity contribution in [3.05, 3.63) is 187 Å². The van der Waals surface area contributed by atoms with Crippen molar-refractivity contribution in [1.29, 1.82) is 0 Å². The molecule has 51 heavy (non-hydrogen) atoms. The van der Waals surface area contributed by atoms with Crippen LogP contribution in [-0.4, -0.2) is 0 Å². The lowest BCUT2D eigenvalue weighted by molar-refractivity contribution is 0.547. The SMILES string of the molecule is CC1(c2ccccc2)C=Cc2oc3c(cc(-c4cc(-c5ccccc5)cc(-c5ccccc5)c4)c4c5cc(-c6ccccc6)ccc5oc34)c2C1. The van der Waals surface area contributed by atoms with Gasteiger partial charge in [0.05, 0.1) is 0 Å². The maximum atomic E-state index is 6.85. The Labute approximate surface area is 296 Å². The van der Waals surface area contributed by atoms with Gasteiger partial charge in [-0.1, -0.05) is 140 Å². The van der Waals surface area contributed by atoms with E-state index in [-0.39, 0.29) is 5.41 Å². The first kappa shape index (κ1) is 29.5. The summed E-state index contributed by atoms with van der Waals surface area (Å²) in [5.41, 5.74) is 14.1. The first-order valence-corrected chi connectivity index (χ1v) is 17.6. The Balaban J connectivity index is 1.28. The van der Waals surface area contributed by atoms with Gasteiger partial charge in [0.25, 0.3) is 0 Å². The van der Waals surface area contributed by atoms with E-state index < -0.39 is 0 Å². The van der Waals surface area contributed by atoms with Crippen LogP contribution < -0.4 is 0 Å². The zero-order valence-corrected chi connectivity index (χ0v) is 28.3. The number of benzene rings is 7. The highest BCUT2D eigenvalue weighted by Gasteiger charge is 2.32. The third-order valence-corrected chi connectivity index (χ3v) is 10.7. The van der Waals surface area contributed by atoms with Crippen molar-refractivity contribution in [3.8, 4) is 44.5 Å². The summed E-state index contributed by atoms with van der Waals surface area (Å²) < 4.78 is 13.6. The molecule has 0 spiro atoms. The van der Waals surface area contributed by atoms with E-state index in [1.165, 1.54) is 38.9 Å². The molecule has 0 bridgehead atoms. The van der Waals surface area contributed by atoms with Crippen LogP contribution in [0.5, 0.6) is 0 Å². The van der Waals surface area contributed by atoms with E-state index in [0.29, 0.717) is 0 Å². The molecule has 2 nitrogen and oxygen atoms in total. The van der Waals surface area contributed by atoms with Crippen molar-refractivity contribution in [2.45, 2.75) is 18.8 Å². The molecule has 0 amide bonds. The molecule has 0 saturated heterocycles. The van der Waals surface area contributed by atoms with Crippen molar-refractivity contribution >= 4 is 39.0 Å². The van der Waals surface area contributed by atoms with Crippen molar-refractivity contribution in [3.63, 3.8) is 0 Å². The van der Waals surface area contributed by atoms with E-state index in [1.54, 1.807) is 0 Å². The zero-order valence-electron chi connectivity index (χ0n) is 28.3. The monoisotopic (exact) mass is 654 g/mol. The lowest BCUT2D eigenvalue weighted by Crippen LogP contribution is -2.24. The fourth-order valence-electron chi connectivity index (χ4n) is 7.99. The van der Waals surface area contributed by atoms with E-state index in [2.05, 4.69) is 183 Å². The Morgan fingerprint density at radius 3 is 1.67 bits per heavy atom. The Morgan fingerprint density at radius 1 is 0.471 bits per heavy atom. The molecule has 2 aromatic heterocycles. The molecule has 1 unspecified atom stereocenters. The summed E-state index contributed by atoms with van der Waals surface area (Å²) in [6, 6.07) is 58.6.